The van der Waals surface area contributed by atoms with Crippen molar-refractivity contribution in [3.05, 3.63) is 0 Å². The minimum absolute atomic E-state index is 0.212. The van der Waals surface area contributed by atoms with E-state index in [9.17, 15) is 29.1 Å². The van der Waals surface area contributed by atoms with Gasteiger partial charge >= 0.3 is 0 Å². The van der Waals surface area contributed by atoms with E-state index in [4.69, 9.17) is 0 Å². The molecule has 1 aliphatic carbocycles. The molecule has 3 aliphatic rings. The summed E-state index contributed by atoms with van der Waals surface area (Å²) in [5.74, 6) is -1.24. The SMILES string of the molecule is CC[C@]1(C)NC(=O)[C@H](CCCCCC(=O)[C@@H](C)O)NC(=O)[C@H]2CCCN2C(=O)[C@H](CC2CCCCC2)NC1=O. The Morgan fingerprint density at radius 1 is 0.974 bits per heavy atom. The van der Waals surface area contributed by atoms with Crippen LogP contribution in [-0.4, -0.2) is 75.7 Å². The minimum Gasteiger partial charge on any atom is -0.386 e. The van der Waals surface area contributed by atoms with E-state index in [0.717, 1.165) is 25.7 Å². The van der Waals surface area contributed by atoms with Crippen LogP contribution in [0.4, 0.5) is 0 Å². The van der Waals surface area contributed by atoms with Gasteiger partial charge in [-0.05, 0) is 58.3 Å². The van der Waals surface area contributed by atoms with Crippen molar-refractivity contribution in [1.29, 1.82) is 0 Å². The number of ketones is 1. The molecule has 0 unspecified atom stereocenters. The van der Waals surface area contributed by atoms with Crippen molar-refractivity contribution in [3.8, 4) is 0 Å². The number of hydrogen-bond donors (Lipinski definition) is 4. The first-order valence-electron chi connectivity index (χ1n) is 15.0. The molecule has 5 atom stereocenters. The maximum absolute atomic E-state index is 13.8. The zero-order valence-corrected chi connectivity index (χ0v) is 23.9. The maximum Gasteiger partial charge on any atom is 0.246 e. The largest absolute Gasteiger partial charge is 0.386 e. The maximum atomic E-state index is 13.8. The lowest BCUT2D eigenvalue weighted by Crippen LogP contribution is -2.65. The Morgan fingerprint density at radius 3 is 2.36 bits per heavy atom. The van der Waals surface area contributed by atoms with Crippen LogP contribution in [0.1, 0.15) is 111 Å². The quantitative estimate of drug-likeness (QED) is 0.308. The molecule has 0 bridgehead atoms. The Hall–Kier alpha value is -2.49. The van der Waals surface area contributed by atoms with Gasteiger partial charge < -0.3 is 26.0 Å². The standard InChI is InChI=1S/C29H48N4O6/c1-4-29(3)28(39)31-22(18-20-12-7-5-8-13-20)27(38)33-17-11-15-23(33)26(37)30-21(25(36)32-29)14-9-6-10-16-24(35)19(2)34/h19-23,34H,4-18H2,1-3H3,(H,30,37)(H,31,39)(H,32,36)/t19-,21+,22+,23-,29+/m1/s1. The van der Waals surface area contributed by atoms with E-state index in [-0.39, 0.29) is 29.9 Å². The Morgan fingerprint density at radius 2 is 1.69 bits per heavy atom. The molecule has 2 saturated heterocycles. The van der Waals surface area contributed by atoms with Crippen LogP contribution in [0.2, 0.25) is 0 Å². The first-order chi connectivity index (χ1) is 18.6. The number of amides is 4. The minimum atomic E-state index is -1.24. The van der Waals surface area contributed by atoms with Gasteiger partial charge in [0.25, 0.3) is 0 Å². The molecule has 220 valence electrons. The van der Waals surface area contributed by atoms with Gasteiger partial charge in [0.05, 0.1) is 0 Å². The normalized spacial score (nSPS) is 29.9. The molecule has 0 radical (unpaired) electrons. The van der Waals surface area contributed by atoms with Crippen molar-refractivity contribution in [2.45, 2.75) is 140 Å². The molecular formula is C29H48N4O6. The van der Waals surface area contributed by atoms with E-state index < -0.39 is 35.7 Å². The summed E-state index contributed by atoms with van der Waals surface area (Å²) < 4.78 is 0. The van der Waals surface area contributed by atoms with E-state index in [1.54, 1.807) is 11.8 Å². The number of carbonyl (C=O) groups excluding carboxylic acids is 5. The molecule has 1 saturated carbocycles. The van der Waals surface area contributed by atoms with Crippen LogP contribution in [0, 0.1) is 5.92 Å². The summed E-state index contributed by atoms with van der Waals surface area (Å²) in [6.07, 6.45) is 8.99. The number of nitrogens with zero attached hydrogens (tertiary/aromatic N) is 1. The number of rotatable bonds is 10. The molecular weight excluding hydrogens is 500 g/mol. The van der Waals surface area contributed by atoms with Gasteiger partial charge in [-0.2, -0.15) is 0 Å². The molecule has 0 spiro atoms. The van der Waals surface area contributed by atoms with E-state index in [2.05, 4.69) is 16.0 Å². The highest BCUT2D eigenvalue weighted by Gasteiger charge is 2.43. The Bertz CT molecular complexity index is 902. The fourth-order valence-corrected chi connectivity index (χ4v) is 6.03. The fraction of sp³-hybridized carbons (Fsp3) is 0.828. The summed E-state index contributed by atoms with van der Waals surface area (Å²) in [6.45, 7) is 5.37. The molecule has 10 heteroatoms. The van der Waals surface area contributed by atoms with Gasteiger partial charge in [-0.3, -0.25) is 24.0 Å². The van der Waals surface area contributed by atoms with Crippen LogP contribution in [0.5, 0.6) is 0 Å². The molecule has 0 aromatic carbocycles. The highest BCUT2D eigenvalue weighted by atomic mass is 16.3. The summed E-state index contributed by atoms with van der Waals surface area (Å²) in [4.78, 5) is 67.5. The molecule has 3 rings (SSSR count). The smallest absolute Gasteiger partial charge is 0.246 e. The molecule has 10 nitrogen and oxygen atoms in total. The van der Waals surface area contributed by atoms with Crippen molar-refractivity contribution in [3.63, 3.8) is 0 Å². The average Bonchev–Trinajstić information content (AvgIpc) is 3.41. The Labute approximate surface area is 232 Å². The van der Waals surface area contributed by atoms with Gasteiger partial charge in [0.15, 0.2) is 5.78 Å². The van der Waals surface area contributed by atoms with Crippen molar-refractivity contribution in [1.82, 2.24) is 20.9 Å². The lowest BCUT2D eigenvalue weighted by atomic mass is 9.84. The summed E-state index contributed by atoms with van der Waals surface area (Å²) in [5, 5.41) is 18.1. The molecule has 2 aliphatic heterocycles. The topological polar surface area (TPSA) is 145 Å². The summed E-state index contributed by atoms with van der Waals surface area (Å²) in [5.41, 5.74) is -1.24. The lowest BCUT2D eigenvalue weighted by molar-refractivity contribution is -0.145. The van der Waals surface area contributed by atoms with Crippen molar-refractivity contribution in [2.75, 3.05) is 6.54 Å². The number of Topliss-reactive ketones (excluding diaryl/α,β-unsaturated/α-hetero) is 1. The van der Waals surface area contributed by atoms with Crippen molar-refractivity contribution in [2.24, 2.45) is 5.92 Å². The summed E-state index contributed by atoms with van der Waals surface area (Å²) in [6, 6.07) is -2.26. The number of aliphatic hydroxyl groups excluding tert-OH is 1. The van der Waals surface area contributed by atoms with Gasteiger partial charge in [-0.15, -0.1) is 0 Å². The number of hydrogen-bond acceptors (Lipinski definition) is 6. The highest BCUT2D eigenvalue weighted by Crippen LogP contribution is 2.29. The monoisotopic (exact) mass is 548 g/mol. The highest BCUT2D eigenvalue weighted by molar-refractivity contribution is 5.99. The molecule has 4 amide bonds. The van der Waals surface area contributed by atoms with Gasteiger partial charge in [0.1, 0.15) is 29.8 Å². The molecule has 3 fully saturated rings. The van der Waals surface area contributed by atoms with E-state index in [0.29, 0.717) is 63.8 Å². The molecule has 39 heavy (non-hydrogen) atoms. The van der Waals surface area contributed by atoms with Crippen LogP contribution >= 0.6 is 0 Å². The second-order valence-electron chi connectivity index (χ2n) is 11.9. The molecule has 4 N–H and O–H groups in total. The summed E-state index contributed by atoms with van der Waals surface area (Å²) in [7, 11) is 0. The predicted molar refractivity (Wildman–Crippen MR) is 146 cm³/mol. The molecule has 2 heterocycles. The first kappa shape index (κ1) is 31.0. The number of unbranched alkanes of at least 4 members (excludes halogenated alkanes) is 2. The van der Waals surface area contributed by atoms with Gasteiger partial charge in [-0.1, -0.05) is 51.9 Å². The van der Waals surface area contributed by atoms with Gasteiger partial charge in [0, 0.05) is 13.0 Å². The number of carbonyl (C=O) groups is 5. The van der Waals surface area contributed by atoms with Crippen LogP contribution in [0.15, 0.2) is 0 Å². The summed E-state index contributed by atoms with van der Waals surface area (Å²) >= 11 is 0. The zero-order valence-electron chi connectivity index (χ0n) is 23.9. The van der Waals surface area contributed by atoms with Crippen LogP contribution in [0.3, 0.4) is 0 Å². The van der Waals surface area contributed by atoms with Crippen LogP contribution in [0.25, 0.3) is 0 Å². The second kappa shape index (κ2) is 14.2. The third kappa shape index (κ3) is 8.25. The number of aliphatic hydroxyl groups is 1. The van der Waals surface area contributed by atoms with Crippen molar-refractivity contribution < 1.29 is 29.1 Å². The van der Waals surface area contributed by atoms with E-state index >= 15 is 0 Å². The first-order valence-corrected chi connectivity index (χ1v) is 15.0. The van der Waals surface area contributed by atoms with Crippen LogP contribution in [-0.2, 0) is 24.0 Å². The zero-order chi connectivity index (χ0) is 28.6. The lowest BCUT2D eigenvalue weighted by Gasteiger charge is -2.37. The third-order valence-electron chi connectivity index (χ3n) is 8.86. The van der Waals surface area contributed by atoms with Crippen molar-refractivity contribution >= 4 is 29.4 Å². The second-order valence-corrected chi connectivity index (χ2v) is 11.9. The van der Waals surface area contributed by atoms with E-state index in [1.807, 2.05) is 6.92 Å². The average molecular weight is 549 g/mol. The molecule has 0 aromatic heterocycles. The van der Waals surface area contributed by atoms with Gasteiger partial charge in [0.2, 0.25) is 23.6 Å². The Kier molecular flexibility index (Phi) is 11.3. The molecule has 0 aromatic rings. The number of fused-ring (bicyclic) bond motifs is 1. The number of nitrogens with one attached hydrogen (secondary N) is 3. The van der Waals surface area contributed by atoms with E-state index in [1.165, 1.54) is 13.3 Å². The fourth-order valence-electron chi connectivity index (χ4n) is 6.03. The Balaban J connectivity index is 1.78. The van der Waals surface area contributed by atoms with Gasteiger partial charge in [-0.25, -0.2) is 0 Å². The van der Waals surface area contributed by atoms with Crippen LogP contribution < -0.4 is 16.0 Å². The predicted octanol–water partition coefficient (Wildman–Crippen LogP) is 2.12. The third-order valence-corrected chi connectivity index (χ3v) is 8.86.